The first-order chi connectivity index (χ1) is 14.9. The third-order valence-electron chi connectivity index (χ3n) is 4.51. The average Bonchev–Trinajstić information content (AvgIpc) is 2.79. The quantitative estimate of drug-likeness (QED) is 0.531. The summed E-state index contributed by atoms with van der Waals surface area (Å²) >= 11 is 0. The summed E-state index contributed by atoms with van der Waals surface area (Å²) in [6.45, 7) is -2.99. The van der Waals surface area contributed by atoms with E-state index in [9.17, 15) is 13.6 Å². The van der Waals surface area contributed by atoms with Gasteiger partial charge in [-0.05, 0) is 54.1 Å². The van der Waals surface area contributed by atoms with Gasteiger partial charge in [0.05, 0.1) is 26.9 Å². The second kappa shape index (κ2) is 9.80. The van der Waals surface area contributed by atoms with Gasteiger partial charge >= 0.3 is 6.61 Å². The highest BCUT2D eigenvalue weighted by Gasteiger charge is 2.17. The molecule has 0 atom stereocenters. The molecule has 1 N–H and O–H groups in total. The molecular weight excluding hydrogens is 408 g/mol. The van der Waals surface area contributed by atoms with Crippen LogP contribution in [0.15, 0.2) is 60.7 Å². The van der Waals surface area contributed by atoms with Crippen molar-refractivity contribution in [1.82, 2.24) is 0 Å². The SMILES string of the molecule is COc1ccc(-c2cc(NC(=O)c3cc(OC)ccc3OC)ccc2OC(F)F)cc1. The topological polar surface area (TPSA) is 66.0 Å². The van der Waals surface area contributed by atoms with Crippen LogP contribution in [0.2, 0.25) is 0 Å². The molecule has 3 aromatic carbocycles. The van der Waals surface area contributed by atoms with Gasteiger partial charge in [-0.1, -0.05) is 12.1 Å². The fourth-order valence-corrected chi connectivity index (χ4v) is 2.99. The highest BCUT2D eigenvalue weighted by molar-refractivity contribution is 6.06. The number of alkyl halides is 2. The van der Waals surface area contributed by atoms with E-state index >= 15 is 0 Å². The van der Waals surface area contributed by atoms with Crippen molar-refractivity contribution in [2.75, 3.05) is 26.6 Å². The van der Waals surface area contributed by atoms with E-state index in [1.165, 1.54) is 33.5 Å². The number of hydrogen-bond donors (Lipinski definition) is 1. The molecule has 0 bridgehead atoms. The zero-order chi connectivity index (χ0) is 22.4. The summed E-state index contributed by atoms with van der Waals surface area (Å²) in [4.78, 5) is 12.8. The van der Waals surface area contributed by atoms with Crippen LogP contribution < -0.4 is 24.3 Å². The molecule has 0 radical (unpaired) electrons. The number of carbonyl (C=O) groups excluding carboxylic acids is 1. The second-order valence-corrected chi connectivity index (χ2v) is 6.34. The largest absolute Gasteiger partial charge is 0.497 e. The number of anilines is 1. The molecule has 162 valence electrons. The average molecular weight is 429 g/mol. The number of hydrogen-bond acceptors (Lipinski definition) is 5. The van der Waals surface area contributed by atoms with E-state index in [0.29, 0.717) is 34.1 Å². The van der Waals surface area contributed by atoms with Crippen LogP contribution in [0.1, 0.15) is 10.4 Å². The highest BCUT2D eigenvalue weighted by Crippen LogP contribution is 2.35. The maximum atomic E-state index is 12.9. The number of carbonyl (C=O) groups is 1. The van der Waals surface area contributed by atoms with Crippen molar-refractivity contribution in [3.63, 3.8) is 0 Å². The lowest BCUT2D eigenvalue weighted by molar-refractivity contribution is -0.0494. The van der Waals surface area contributed by atoms with E-state index in [-0.39, 0.29) is 11.3 Å². The fraction of sp³-hybridized carbons (Fsp3) is 0.174. The molecule has 1 amide bonds. The Bertz CT molecular complexity index is 1050. The predicted molar refractivity (Wildman–Crippen MR) is 113 cm³/mol. The van der Waals surface area contributed by atoms with Crippen LogP contribution in [0.5, 0.6) is 23.0 Å². The van der Waals surface area contributed by atoms with E-state index in [4.69, 9.17) is 14.2 Å². The zero-order valence-corrected chi connectivity index (χ0v) is 17.1. The van der Waals surface area contributed by atoms with Crippen molar-refractivity contribution in [1.29, 1.82) is 0 Å². The van der Waals surface area contributed by atoms with Crippen LogP contribution in [-0.4, -0.2) is 33.8 Å². The van der Waals surface area contributed by atoms with E-state index in [1.54, 1.807) is 48.5 Å². The minimum atomic E-state index is -2.99. The first-order valence-corrected chi connectivity index (χ1v) is 9.21. The predicted octanol–water partition coefficient (Wildman–Crippen LogP) is 5.23. The van der Waals surface area contributed by atoms with Gasteiger partial charge in [0.1, 0.15) is 23.0 Å². The molecule has 0 spiro atoms. The molecule has 0 aliphatic rings. The Balaban J connectivity index is 1.96. The van der Waals surface area contributed by atoms with E-state index in [0.717, 1.165) is 0 Å². The molecule has 3 rings (SSSR count). The lowest BCUT2D eigenvalue weighted by Crippen LogP contribution is -2.13. The number of rotatable bonds is 8. The number of halogens is 2. The molecule has 6 nitrogen and oxygen atoms in total. The Labute approximate surface area is 178 Å². The minimum Gasteiger partial charge on any atom is -0.497 e. The maximum absolute atomic E-state index is 12.9. The summed E-state index contributed by atoms with van der Waals surface area (Å²) < 4.78 is 46.0. The molecule has 0 aliphatic carbocycles. The molecule has 0 saturated heterocycles. The van der Waals surface area contributed by atoms with Gasteiger partial charge in [0.15, 0.2) is 0 Å². The molecule has 8 heteroatoms. The van der Waals surface area contributed by atoms with Crippen molar-refractivity contribution in [3.8, 4) is 34.1 Å². The summed E-state index contributed by atoms with van der Waals surface area (Å²) in [5.41, 5.74) is 1.66. The lowest BCUT2D eigenvalue weighted by atomic mass is 10.0. The van der Waals surface area contributed by atoms with E-state index < -0.39 is 12.5 Å². The molecule has 0 unspecified atom stereocenters. The van der Waals surface area contributed by atoms with Gasteiger partial charge < -0.3 is 24.3 Å². The number of benzene rings is 3. The highest BCUT2D eigenvalue weighted by atomic mass is 19.3. The molecule has 0 saturated carbocycles. The molecule has 3 aromatic rings. The minimum absolute atomic E-state index is 0.0165. The van der Waals surface area contributed by atoms with Gasteiger partial charge in [-0.3, -0.25) is 4.79 Å². The van der Waals surface area contributed by atoms with Crippen LogP contribution in [0.25, 0.3) is 11.1 Å². The Morgan fingerprint density at radius 2 is 1.45 bits per heavy atom. The Hall–Kier alpha value is -3.81. The first kappa shape index (κ1) is 21.9. The Morgan fingerprint density at radius 3 is 2.06 bits per heavy atom. The Kier molecular flexibility index (Phi) is 6.92. The number of ether oxygens (including phenoxy) is 4. The van der Waals surface area contributed by atoms with Crippen molar-refractivity contribution in [2.24, 2.45) is 0 Å². The van der Waals surface area contributed by atoms with Crippen molar-refractivity contribution < 1.29 is 32.5 Å². The summed E-state index contributed by atoms with van der Waals surface area (Å²) in [5.74, 6) is 1.02. The molecular formula is C23H21F2NO5. The monoisotopic (exact) mass is 429 g/mol. The summed E-state index contributed by atoms with van der Waals surface area (Å²) in [7, 11) is 4.48. The van der Waals surface area contributed by atoms with E-state index in [2.05, 4.69) is 10.1 Å². The van der Waals surface area contributed by atoms with Gasteiger partial charge in [0.2, 0.25) is 0 Å². The number of amides is 1. The van der Waals surface area contributed by atoms with Gasteiger partial charge in [-0.2, -0.15) is 8.78 Å². The van der Waals surface area contributed by atoms with Gasteiger partial charge in [0.25, 0.3) is 5.91 Å². The molecule has 0 aliphatic heterocycles. The Morgan fingerprint density at radius 1 is 0.806 bits per heavy atom. The van der Waals surface area contributed by atoms with Crippen LogP contribution in [0.4, 0.5) is 14.5 Å². The molecule has 0 fully saturated rings. The van der Waals surface area contributed by atoms with Crippen molar-refractivity contribution in [3.05, 3.63) is 66.2 Å². The molecule has 0 aromatic heterocycles. The van der Waals surface area contributed by atoms with Crippen LogP contribution in [0.3, 0.4) is 0 Å². The zero-order valence-electron chi connectivity index (χ0n) is 17.1. The van der Waals surface area contributed by atoms with Crippen molar-refractivity contribution >= 4 is 11.6 Å². The second-order valence-electron chi connectivity index (χ2n) is 6.34. The molecule has 0 heterocycles. The molecule has 31 heavy (non-hydrogen) atoms. The first-order valence-electron chi connectivity index (χ1n) is 9.21. The standard InChI is InChI=1S/C23H21F2NO5/c1-28-16-7-4-14(5-8-16)18-12-15(6-10-21(18)31-23(24)25)26-22(27)19-13-17(29-2)9-11-20(19)30-3/h4-13,23H,1-3H3,(H,26,27). The fourth-order valence-electron chi connectivity index (χ4n) is 2.99. The smallest absolute Gasteiger partial charge is 0.387 e. The number of methoxy groups -OCH3 is 3. The third kappa shape index (κ3) is 5.22. The number of nitrogens with one attached hydrogen (secondary N) is 1. The van der Waals surface area contributed by atoms with Crippen LogP contribution >= 0.6 is 0 Å². The summed E-state index contributed by atoms with van der Waals surface area (Å²) in [6.07, 6.45) is 0. The van der Waals surface area contributed by atoms with Gasteiger partial charge in [-0.25, -0.2) is 0 Å². The lowest BCUT2D eigenvalue weighted by Gasteiger charge is -2.15. The van der Waals surface area contributed by atoms with E-state index in [1.807, 2.05) is 0 Å². The summed E-state index contributed by atoms with van der Waals surface area (Å²) in [6, 6.07) is 16.1. The van der Waals surface area contributed by atoms with Gasteiger partial charge in [0, 0.05) is 11.3 Å². The van der Waals surface area contributed by atoms with Crippen LogP contribution in [0, 0.1) is 0 Å². The maximum Gasteiger partial charge on any atom is 0.387 e. The normalized spacial score (nSPS) is 10.5. The summed E-state index contributed by atoms with van der Waals surface area (Å²) in [5, 5.41) is 2.76. The van der Waals surface area contributed by atoms with Crippen LogP contribution in [-0.2, 0) is 0 Å². The third-order valence-corrected chi connectivity index (χ3v) is 4.51. The van der Waals surface area contributed by atoms with Crippen molar-refractivity contribution in [2.45, 2.75) is 6.61 Å². The van der Waals surface area contributed by atoms with Gasteiger partial charge in [-0.15, -0.1) is 0 Å².